The molecule has 3 fully saturated rings. The molecule has 2 aromatic carbocycles. The highest BCUT2D eigenvalue weighted by molar-refractivity contribution is 6.38. The van der Waals surface area contributed by atoms with Crippen molar-refractivity contribution in [2.75, 3.05) is 13.2 Å². The zero-order valence-electron chi connectivity index (χ0n) is 23.5. The molecule has 3 N–H and O–H groups in total. The second kappa shape index (κ2) is 12.0. The van der Waals surface area contributed by atoms with Gasteiger partial charge in [-0.1, -0.05) is 36.4 Å². The molecular weight excluding hydrogens is 536 g/mol. The molecule has 3 atom stereocenters. The Balaban J connectivity index is 1.17. The number of nitrogens with one attached hydrogen (secondary N) is 3. The Kier molecular flexibility index (Phi) is 7.95. The Hall–Kier alpha value is -4.21. The lowest BCUT2D eigenvalue weighted by molar-refractivity contribution is -0.145. The molecule has 0 bridgehead atoms. The quantitative estimate of drug-likeness (QED) is 0.352. The zero-order valence-corrected chi connectivity index (χ0v) is 23.5. The van der Waals surface area contributed by atoms with Gasteiger partial charge in [0.15, 0.2) is 6.61 Å². The number of amides is 4. The highest BCUT2D eigenvalue weighted by Crippen LogP contribution is 2.40. The Morgan fingerprint density at radius 2 is 1.69 bits per heavy atom. The van der Waals surface area contributed by atoms with Gasteiger partial charge in [-0.05, 0) is 73.3 Å². The van der Waals surface area contributed by atoms with Crippen molar-refractivity contribution in [3.05, 3.63) is 65.2 Å². The molecule has 2 heterocycles. The summed E-state index contributed by atoms with van der Waals surface area (Å²) in [5, 5.41) is 8.19. The number of hydrogen-bond acceptors (Lipinski definition) is 6. The molecule has 0 radical (unpaired) electrons. The summed E-state index contributed by atoms with van der Waals surface area (Å²) in [5.41, 5.74) is 3.13. The van der Waals surface area contributed by atoms with Gasteiger partial charge in [-0.2, -0.15) is 0 Å². The average Bonchev–Trinajstić information content (AvgIpc) is 3.94. The van der Waals surface area contributed by atoms with Crippen LogP contribution in [0, 0.1) is 5.92 Å². The first-order chi connectivity index (χ1) is 20.4. The normalized spacial score (nSPS) is 22.0. The van der Waals surface area contributed by atoms with Crippen molar-refractivity contribution < 1.29 is 28.7 Å². The van der Waals surface area contributed by atoms with Gasteiger partial charge in [0.25, 0.3) is 11.8 Å². The predicted octanol–water partition coefficient (Wildman–Crippen LogP) is 1.76. The first-order valence-corrected chi connectivity index (χ1v) is 14.9. The van der Waals surface area contributed by atoms with E-state index in [1.54, 1.807) is 0 Å². The van der Waals surface area contributed by atoms with Crippen LogP contribution in [0.4, 0.5) is 0 Å². The molecule has 2 aliphatic carbocycles. The Morgan fingerprint density at radius 1 is 0.952 bits per heavy atom. The molecule has 0 spiro atoms. The first-order valence-electron chi connectivity index (χ1n) is 14.9. The maximum absolute atomic E-state index is 13.8. The molecule has 1 saturated heterocycles. The van der Waals surface area contributed by atoms with Crippen LogP contribution in [0.2, 0.25) is 0 Å². The molecule has 0 unspecified atom stereocenters. The molecule has 220 valence electrons. The van der Waals surface area contributed by atoms with Crippen molar-refractivity contribution in [2.24, 2.45) is 5.92 Å². The number of ketones is 1. The summed E-state index contributed by atoms with van der Waals surface area (Å²) < 4.78 is 5.81. The van der Waals surface area contributed by atoms with Crippen molar-refractivity contribution in [1.82, 2.24) is 20.9 Å². The van der Waals surface area contributed by atoms with E-state index < -0.39 is 35.6 Å². The number of rotatable bonds is 11. The third kappa shape index (κ3) is 6.48. The van der Waals surface area contributed by atoms with Gasteiger partial charge in [-0.15, -0.1) is 0 Å². The number of fused-ring (bicyclic) bond motifs is 1. The zero-order chi connectivity index (χ0) is 29.2. The van der Waals surface area contributed by atoms with Crippen molar-refractivity contribution in [3.63, 3.8) is 0 Å². The fourth-order valence-corrected chi connectivity index (χ4v) is 5.80. The summed E-state index contributed by atoms with van der Waals surface area (Å²) >= 11 is 0. The molecular formula is C32H36N4O6. The number of Topliss-reactive ketones (excluding diaryl/α,β-unsaturated/α-hetero) is 1. The first kappa shape index (κ1) is 27.9. The SMILES string of the molecule is O=C(NC1CC1)C(=O)[C@H](C[C@@H]1CCNC1=O)NC(=O)[C@@H]1Cc2ccccc2CN1C(=O)COc1ccc(C2CC2)cc1. The molecule has 4 aliphatic rings. The number of carbonyl (C=O) groups excluding carboxylic acids is 5. The van der Waals surface area contributed by atoms with Gasteiger partial charge in [-0.25, -0.2) is 0 Å². The number of hydrogen-bond donors (Lipinski definition) is 3. The van der Waals surface area contributed by atoms with Gasteiger partial charge in [0.2, 0.25) is 17.6 Å². The molecule has 2 saturated carbocycles. The van der Waals surface area contributed by atoms with Crippen LogP contribution in [0.5, 0.6) is 5.75 Å². The molecule has 6 rings (SSSR count). The molecule has 0 aromatic heterocycles. The Labute approximate surface area is 244 Å². The van der Waals surface area contributed by atoms with Crippen molar-refractivity contribution in [2.45, 2.75) is 75.5 Å². The van der Waals surface area contributed by atoms with Crippen LogP contribution >= 0.6 is 0 Å². The van der Waals surface area contributed by atoms with Crippen LogP contribution < -0.4 is 20.7 Å². The fourth-order valence-electron chi connectivity index (χ4n) is 5.80. The highest BCUT2D eigenvalue weighted by atomic mass is 16.5. The van der Waals surface area contributed by atoms with Crippen LogP contribution in [0.25, 0.3) is 0 Å². The van der Waals surface area contributed by atoms with Gasteiger partial charge in [0, 0.05) is 31.5 Å². The molecule has 4 amide bonds. The van der Waals surface area contributed by atoms with Gasteiger partial charge >= 0.3 is 0 Å². The maximum Gasteiger partial charge on any atom is 0.289 e. The second-order valence-corrected chi connectivity index (χ2v) is 11.8. The van der Waals surface area contributed by atoms with E-state index >= 15 is 0 Å². The van der Waals surface area contributed by atoms with Crippen LogP contribution in [0.3, 0.4) is 0 Å². The minimum atomic E-state index is -1.18. The minimum absolute atomic E-state index is 0.0196. The van der Waals surface area contributed by atoms with Crippen molar-refractivity contribution in [1.29, 1.82) is 0 Å². The van der Waals surface area contributed by atoms with Gasteiger partial charge in [0.05, 0.1) is 6.04 Å². The smallest absolute Gasteiger partial charge is 0.289 e. The van der Waals surface area contributed by atoms with E-state index in [0.29, 0.717) is 24.6 Å². The predicted molar refractivity (Wildman–Crippen MR) is 152 cm³/mol. The summed E-state index contributed by atoms with van der Waals surface area (Å²) in [6.07, 6.45) is 4.81. The lowest BCUT2D eigenvalue weighted by Gasteiger charge is -2.36. The van der Waals surface area contributed by atoms with Gasteiger partial charge in [0.1, 0.15) is 11.8 Å². The Bertz CT molecular complexity index is 1380. The molecule has 10 nitrogen and oxygen atoms in total. The standard InChI is InChI=1S/C32H36N4O6/c37-28(18-42-25-11-7-20(8-12-25)19-5-6-19)36-17-23-4-2-1-3-21(23)16-27(36)31(40)35-26(15-22-13-14-33-30(22)39)29(38)32(41)34-24-9-10-24/h1-4,7-8,11-12,19,22,24,26-27H,5-6,9-10,13-18H2,(H,33,39)(H,34,41)(H,35,40)/t22-,26-,27-/m0/s1. The molecule has 2 aliphatic heterocycles. The third-order valence-electron chi connectivity index (χ3n) is 8.62. The van der Waals surface area contributed by atoms with Crippen molar-refractivity contribution >= 4 is 29.4 Å². The molecule has 10 heteroatoms. The summed E-state index contributed by atoms with van der Waals surface area (Å²) in [4.78, 5) is 66.9. The summed E-state index contributed by atoms with van der Waals surface area (Å²) in [7, 11) is 0. The fraction of sp³-hybridized carbons (Fsp3) is 0.469. The van der Waals surface area contributed by atoms with Crippen LogP contribution in [0.15, 0.2) is 48.5 Å². The summed E-state index contributed by atoms with van der Waals surface area (Å²) in [6.45, 7) is 0.448. The van der Waals surface area contributed by atoms with E-state index in [1.807, 2.05) is 48.5 Å². The minimum Gasteiger partial charge on any atom is -0.484 e. The number of benzene rings is 2. The second-order valence-electron chi connectivity index (χ2n) is 11.8. The lowest BCUT2D eigenvalue weighted by Crippen LogP contribution is -2.57. The van der Waals surface area contributed by atoms with Gasteiger partial charge in [-0.3, -0.25) is 24.0 Å². The monoisotopic (exact) mass is 572 g/mol. The van der Waals surface area contributed by atoms with Gasteiger partial charge < -0.3 is 25.6 Å². The number of carbonyl (C=O) groups is 5. The van der Waals surface area contributed by atoms with Crippen LogP contribution in [0.1, 0.15) is 61.1 Å². The third-order valence-corrected chi connectivity index (χ3v) is 8.62. The van der Waals surface area contributed by atoms with E-state index in [2.05, 4.69) is 16.0 Å². The van der Waals surface area contributed by atoms with E-state index in [9.17, 15) is 24.0 Å². The van der Waals surface area contributed by atoms with Crippen LogP contribution in [-0.2, 0) is 36.9 Å². The largest absolute Gasteiger partial charge is 0.484 e. The lowest BCUT2D eigenvalue weighted by atomic mass is 9.92. The Morgan fingerprint density at radius 3 is 2.36 bits per heavy atom. The van der Waals surface area contributed by atoms with E-state index in [-0.39, 0.29) is 43.8 Å². The topological polar surface area (TPSA) is 134 Å². The summed E-state index contributed by atoms with van der Waals surface area (Å²) in [6, 6.07) is 13.3. The van der Waals surface area contributed by atoms with Crippen LogP contribution in [-0.4, -0.2) is 65.6 Å². The van der Waals surface area contributed by atoms with E-state index in [1.165, 1.54) is 23.3 Å². The van der Waals surface area contributed by atoms with E-state index in [0.717, 1.165) is 24.0 Å². The molecule has 2 aromatic rings. The van der Waals surface area contributed by atoms with Crippen molar-refractivity contribution in [3.8, 4) is 5.75 Å². The maximum atomic E-state index is 13.8. The number of nitrogens with zero attached hydrogens (tertiary/aromatic N) is 1. The highest BCUT2D eigenvalue weighted by Gasteiger charge is 2.40. The summed E-state index contributed by atoms with van der Waals surface area (Å²) in [5.74, 6) is -1.93. The number of ether oxygens (including phenoxy) is 1. The molecule has 42 heavy (non-hydrogen) atoms. The average molecular weight is 573 g/mol. The van der Waals surface area contributed by atoms with E-state index in [4.69, 9.17) is 4.74 Å².